The summed E-state index contributed by atoms with van der Waals surface area (Å²) in [5.41, 5.74) is 10.9. The van der Waals surface area contributed by atoms with Crippen LogP contribution in [-0.4, -0.2) is 19.5 Å². The Bertz CT molecular complexity index is 1910. The van der Waals surface area contributed by atoms with Gasteiger partial charge in [-0.2, -0.15) is 9.97 Å². The van der Waals surface area contributed by atoms with E-state index in [9.17, 15) is 0 Å². The maximum Gasteiger partial charge on any atom is 0.238 e. The lowest BCUT2D eigenvalue weighted by molar-refractivity contribution is 0.662. The predicted octanol–water partition coefficient (Wildman–Crippen LogP) is 9.44. The maximum absolute atomic E-state index is 5.17. The highest BCUT2D eigenvalue weighted by molar-refractivity contribution is 6.01. The van der Waals surface area contributed by atoms with E-state index in [0.717, 1.165) is 24.0 Å². The van der Waals surface area contributed by atoms with E-state index in [1.807, 2.05) is 50.2 Å². The van der Waals surface area contributed by atoms with Crippen LogP contribution in [0.1, 0.15) is 56.5 Å². The van der Waals surface area contributed by atoms with Crippen LogP contribution in [0, 0.1) is 0 Å². The molecule has 0 saturated carbocycles. The third-order valence-corrected chi connectivity index (χ3v) is 8.51. The Balaban J connectivity index is 0.00000141. The summed E-state index contributed by atoms with van der Waals surface area (Å²) in [5.74, 6) is 2.04. The zero-order chi connectivity index (χ0) is 28.8. The number of nitrogens with zero attached hydrogens (tertiary/aromatic N) is 4. The SMILES string of the molecule is CC.CC1(C)c2ccccc2-c2ccc3c4c(n(-c5nc(-c6ccccc6)nc(-c6ccccc6)n5)c3c21)CCC=C4. The summed E-state index contributed by atoms with van der Waals surface area (Å²) in [5, 5.41) is 1.26. The molecule has 0 spiro atoms. The average molecular weight is 547 g/mol. The van der Waals surface area contributed by atoms with E-state index in [1.165, 1.54) is 44.4 Å². The van der Waals surface area contributed by atoms with Crippen molar-refractivity contribution in [1.82, 2.24) is 19.5 Å². The Hall–Kier alpha value is -4.83. The molecular weight excluding hydrogens is 512 g/mol. The molecule has 0 atom stereocenters. The Kier molecular flexibility index (Phi) is 6.35. The number of aromatic nitrogens is 4. The average Bonchev–Trinajstić information content (AvgIpc) is 3.51. The molecule has 0 N–H and O–H groups in total. The molecule has 2 aliphatic carbocycles. The van der Waals surface area contributed by atoms with Crippen LogP contribution in [0.15, 0.2) is 103 Å². The second-order valence-corrected chi connectivity index (χ2v) is 11.2. The summed E-state index contributed by atoms with van der Waals surface area (Å²) >= 11 is 0. The number of allylic oxidation sites excluding steroid dienone is 1. The first kappa shape index (κ1) is 26.1. The van der Waals surface area contributed by atoms with E-state index >= 15 is 0 Å². The molecule has 206 valence electrons. The molecule has 4 heteroatoms. The molecule has 8 rings (SSSR count). The number of fused-ring (bicyclic) bond motifs is 7. The normalized spacial score (nSPS) is 14.1. The van der Waals surface area contributed by atoms with Crippen molar-refractivity contribution < 1.29 is 0 Å². The van der Waals surface area contributed by atoms with Gasteiger partial charge in [0.25, 0.3) is 0 Å². The zero-order valence-electron chi connectivity index (χ0n) is 24.6. The molecule has 2 aromatic heterocycles. The van der Waals surface area contributed by atoms with Gasteiger partial charge in [0.15, 0.2) is 11.6 Å². The van der Waals surface area contributed by atoms with Gasteiger partial charge < -0.3 is 0 Å². The first-order valence-electron chi connectivity index (χ1n) is 15.0. The van der Waals surface area contributed by atoms with Gasteiger partial charge in [-0.3, -0.25) is 4.57 Å². The van der Waals surface area contributed by atoms with Gasteiger partial charge in [-0.25, -0.2) is 4.98 Å². The van der Waals surface area contributed by atoms with Crippen molar-refractivity contribution in [2.75, 3.05) is 0 Å². The van der Waals surface area contributed by atoms with E-state index in [2.05, 4.69) is 91.2 Å². The Morgan fingerprint density at radius 2 is 1.29 bits per heavy atom. The number of rotatable bonds is 3. The molecule has 6 aromatic rings. The lowest BCUT2D eigenvalue weighted by Gasteiger charge is -2.23. The number of hydrogen-bond donors (Lipinski definition) is 0. The van der Waals surface area contributed by atoms with E-state index < -0.39 is 0 Å². The van der Waals surface area contributed by atoms with Crippen molar-refractivity contribution in [3.63, 3.8) is 0 Å². The van der Waals surface area contributed by atoms with E-state index in [4.69, 9.17) is 15.0 Å². The Morgan fingerprint density at radius 1 is 0.667 bits per heavy atom. The fourth-order valence-corrected chi connectivity index (χ4v) is 6.68. The smallest absolute Gasteiger partial charge is 0.238 e. The molecule has 0 unspecified atom stereocenters. The molecule has 0 bridgehead atoms. The first-order valence-corrected chi connectivity index (χ1v) is 15.0. The quantitative estimate of drug-likeness (QED) is 0.222. The van der Waals surface area contributed by atoms with Crippen molar-refractivity contribution >= 4 is 17.0 Å². The van der Waals surface area contributed by atoms with Crippen molar-refractivity contribution in [2.45, 2.75) is 46.0 Å². The molecule has 0 saturated heterocycles. The molecular formula is C38H34N4. The maximum atomic E-state index is 5.17. The van der Waals surface area contributed by atoms with Crippen LogP contribution in [-0.2, 0) is 11.8 Å². The van der Waals surface area contributed by atoms with Gasteiger partial charge in [0.1, 0.15) is 0 Å². The summed E-state index contributed by atoms with van der Waals surface area (Å²) in [7, 11) is 0. The van der Waals surface area contributed by atoms with Gasteiger partial charge >= 0.3 is 0 Å². The van der Waals surface area contributed by atoms with Crippen LogP contribution < -0.4 is 0 Å². The third kappa shape index (κ3) is 3.93. The number of hydrogen-bond acceptors (Lipinski definition) is 3. The first-order chi connectivity index (χ1) is 20.6. The monoisotopic (exact) mass is 546 g/mol. The van der Waals surface area contributed by atoms with Crippen molar-refractivity contribution in [2.24, 2.45) is 0 Å². The van der Waals surface area contributed by atoms with E-state index in [1.54, 1.807) is 0 Å². The largest absolute Gasteiger partial charge is 0.281 e. The van der Waals surface area contributed by atoms with Crippen LogP contribution in [0.4, 0.5) is 0 Å². The molecule has 42 heavy (non-hydrogen) atoms. The van der Waals surface area contributed by atoms with E-state index in [-0.39, 0.29) is 5.41 Å². The summed E-state index contributed by atoms with van der Waals surface area (Å²) in [4.78, 5) is 15.3. The van der Waals surface area contributed by atoms with Crippen LogP contribution in [0.5, 0.6) is 0 Å². The lowest BCUT2D eigenvalue weighted by Crippen LogP contribution is -2.17. The lowest BCUT2D eigenvalue weighted by atomic mass is 9.81. The van der Waals surface area contributed by atoms with Crippen LogP contribution in [0.25, 0.3) is 56.8 Å². The van der Waals surface area contributed by atoms with Crippen molar-refractivity contribution in [3.8, 4) is 39.9 Å². The minimum absolute atomic E-state index is 0.161. The minimum atomic E-state index is -0.161. The highest BCUT2D eigenvalue weighted by Crippen LogP contribution is 2.52. The molecule has 2 heterocycles. The standard InChI is InChI=1S/C36H28N4.C2H6/c1-36(2)29-19-11-9-17-25(29)27-21-22-28-26-18-10-12-20-30(26)40(32(28)31(27)36)35-38-33(23-13-5-3-6-14-23)37-34(39-35)24-15-7-4-8-16-24;1-2/h3-11,13-19,21-22H,12,20H2,1-2H3;1-2H3. The highest BCUT2D eigenvalue weighted by atomic mass is 15.2. The molecule has 0 radical (unpaired) electrons. The second kappa shape index (κ2) is 10.2. The molecule has 4 nitrogen and oxygen atoms in total. The highest BCUT2D eigenvalue weighted by Gasteiger charge is 2.39. The molecule has 0 aliphatic heterocycles. The van der Waals surface area contributed by atoms with Gasteiger partial charge in [-0.15, -0.1) is 0 Å². The Morgan fingerprint density at radius 3 is 1.95 bits per heavy atom. The van der Waals surface area contributed by atoms with Gasteiger partial charge in [-0.05, 0) is 35.1 Å². The van der Waals surface area contributed by atoms with E-state index in [0.29, 0.717) is 17.6 Å². The zero-order valence-corrected chi connectivity index (χ0v) is 24.6. The van der Waals surface area contributed by atoms with Crippen LogP contribution in [0.3, 0.4) is 0 Å². The van der Waals surface area contributed by atoms with Gasteiger partial charge in [0.05, 0.1) is 5.52 Å². The van der Waals surface area contributed by atoms with Gasteiger partial charge in [-0.1, -0.05) is 137 Å². The summed E-state index contributed by atoms with van der Waals surface area (Å²) in [6.07, 6.45) is 6.51. The minimum Gasteiger partial charge on any atom is -0.281 e. The predicted molar refractivity (Wildman–Crippen MR) is 174 cm³/mol. The van der Waals surface area contributed by atoms with Crippen LogP contribution in [0.2, 0.25) is 0 Å². The fourth-order valence-electron chi connectivity index (χ4n) is 6.68. The fraction of sp³-hybridized carbons (Fsp3) is 0.184. The summed E-state index contributed by atoms with van der Waals surface area (Å²) in [6, 6.07) is 33.9. The molecule has 2 aliphatic rings. The van der Waals surface area contributed by atoms with Gasteiger partial charge in [0.2, 0.25) is 5.95 Å². The summed E-state index contributed by atoms with van der Waals surface area (Å²) < 4.78 is 2.35. The number of benzene rings is 4. The van der Waals surface area contributed by atoms with Crippen molar-refractivity contribution in [1.29, 1.82) is 0 Å². The van der Waals surface area contributed by atoms with Crippen molar-refractivity contribution in [3.05, 3.63) is 126 Å². The third-order valence-electron chi connectivity index (χ3n) is 8.51. The second-order valence-electron chi connectivity index (χ2n) is 11.2. The molecule has 0 fully saturated rings. The van der Waals surface area contributed by atoms with Gasteiger partial charge in [0, 0.05) is 33.2 Å². The molecule has 4 aromatic carbocycles. The summed E-state index contributed by atoms with van der Waals surface area (Å²) in [6.45, 7) is 8.70. The Labute approximate surface area is 247 Å². The molecule has 0 amide bonds. The van der Waals surface area contributed by atoms with Crippen LogP contribution >= 0.6 is 0 Å². The topological polar surface area (TPSA) is 43.6 Å².